The highest BCUT2D eigenvalue weighted by molar-refractivity contribution is 5.71. The summed E-state index contributed by atoms with van der Waals surface area (Å²) in [5.74, 6) is 0.0380. The Kier molecular flexibility index (Phi) is 41.3. The van der Waals surface area contributed by atoms with Crippen molar-refractivity contribution in [3.63, 3.8) is 0 Å². The number of hydrogen-bond donors (Lipinski definition) is 0. The Hall–Kier alpha value is -1.59. The van der Waals surface area contributed by atoms with Crippen LogP contribution in [0.3, 0.4) is 0 Å². The standard InChI is InChI=1S/C48H92O6/c1-5-8-10-12-14-15-20-25-29-33-37-41-48(51)54-45(42-52-46(49)39-35-31-26-13-11-9-6-2)43-53-47(50)40-36-32-28-24-22-19-17-16-18-21-23-27-30-34-38-44(4)7-3/h44-45H,5-43H2,1-4H3/t44?,45-/m1/s1. The third-order valence-electron chi connectivity index (χ3n) is 11.2. The molecule has 0 rings (SSSR count). The van der Waals surface area contributed by atoms with E-state index in [1.807, 2.05) is 0 Å². The summed E-state index contributed by atoms with van der Waals surface area (Å²) in [6.07, 6.45) is 42.3. The summed E-state index contributed by atoms with van der Waals surface area (Å²) in [5.41, 5.74) is 0. The van der Waals surface area contributed by atoms with E-state index in [4.69, 9.17) is 14.2 Å². The Labute approximate surface area is 336 Å². The summed E-state index contributed by atoms with van der Waals surface area (Å²) >= 11 is 0. The minimum Gasteiger partial charge on any atom is -0.462 e. The van der Waals surface area contributed by atoms with Crippen LogP contribution in [0.2, 0.25) is 0 Å². The number of unbranched alkanes of at least 4 members (excludes halogenated alkanes) is 29. The molecule has 1 unspecified atom stereocenters. The van der Waals surface area contributed by atoms with Crippen molar-refractivity contribution in [3.05, 3.63) is 0 Å². The molecule has 0 N–H and O–H groups in total. The number of hydrogen-bond acceptors (Lipinski definition) is 6. The molecule has 320 valence electrons. The second-order valence-electron chi connectivity index (χ2n) is 16.6. The van der Waals surface area contributed by atoms with Gasteiger partial charge in [-0.15, -0.1) is 0 Å². The lowest BCUT2D eigenvalue weighted by Gasteiger charge is -2.18. The lowest BCUT2D eigenvalue weighted by molar-refractivity contribution is -0.167. The van der Waals surface area contributed by atoms with Crippen LogP contribution < -0.4 is 0 Å². The largest absolute Gasteiger partial charge is 0.462 e. The third-order valence-corrected chi connectivity index (χ3v) is 11.2. The van der Waals surface area contributed by atoms with Crippen LogP contribution in [0.5, 0.6) is 0 Å². The van der Waals surface area contributed by atoms with Gasteiger partial charge >= 0.3 is 17.9 Å². The van der Waals surface area contributed by atoms with Gasteiger partial charge in [0.15, 0.2) is 6.10 Å². The fraction of sp³-hybridized carbons (Fsp3) is 0.938. The van der Waals surface area contributed by atoms with Crippen LogP contribution in [-0.4, -0.2) is 37.2 Å². The highest BCUT2D eigenvalue weighted by Crippen LogP contribution is 2.17. The first-order valence-corrected chi connectivity index (χ1v) is 23.9. The maximum absolute atomic E-state index is 12.7. The molecule has 54 heavy (non-hydrogen) atoms. The lowest BCUT2D eigenvalue weighted by Crippen LogP contribution is -2.30. The van der Waals surface area contributed by atoms with Crippen molar-refractivity contribution in [2.24, 2.45) is 5.92 Å². The zero-order valence-electron chi connectivity index (χ0n) is 36.7. The van der Waals surface area contributed by atoms with Crippen LogP contribution in [0.1, 0.15) is 265 Å². The van der Waals surface area contributed by atoms with Gasteiger partial charge in [0.05, 0.1) is 0 Å². The lowest BCUT2D eigenvalue weighted by atomic mass is 9.99. The van der Waals surface area contributed by atoms with E-state index in [0.717, 1.165) is 63.7 Å². The van der Waals surface area contributed by atoms with Crippen LogP contribution in [0.4, 0.5) is 0 Å². The van der Waals surface area contributed by atoms with E-state index in [-0.39, 0.29) is 31.1 Å². The third kappa shape index (κ3) is 40.1. The molecule has 0 spiro atoms. The molecular formula is C48H92O6. The van der Waals surface area contributed by atoms with E-state index in [1.165, 1.54) is 161 Å². The van der Waals surface area contributed by atoms with Crippen molar-refractivity contribution in [1.82, 2.24) is 0 Å². The molecule has 0 saturated carbocycles. The SMILES string of the molecule is CCCCCCCCCCCCCC(=O)O[C@H](COC(=O)CCCCCCCCC)COC(=O)CCCCCCCCCCCCCCCCC(C)CC. The van der Waals surface area contributed by atoms with Gasteiger partial charge in [0.1, 0.15) is 13.2 Å². The van der Waals surface area contributed by atoms with E-state index in [2.05, 4.69) is 27.7 Å². The van der Waals surface area contributed by atoms with Crippen LogP contribution in [0.15, 0.2) is 0 Å². The van der Waals surface area contributed by atoms with E-state index in [1.54, 1.807) is 0 Å². The molecule has 0 aliphatic heterocycles. The second-order valence-corrected chi connectivity index (χ2v) is 16.6. The van der Waals surface area contributed by atoms with Crippen LogP contribution >= 0.6 is 0 Å². The summed E-state index contributed by atoms with van der Waals surface area (Å²) in [4.78, 5) is 37.6. The number of ether oxygens (including phenoxy) is 3. The molecule has 0 aromatic heterocycles. The molecule has 2 atom stereocenters. The highest BCUT2D eigenvalue weighted by Gasteiger charge is 2.19. The first-order chi connectivity index (χ1) is 26.4. The zero-order chi connectivity index (χ0) is 39.6. The molecule has 0 aliphatic carbocycles. The van der Waals surface area contributed by atoms with Crippen molar-refractivity contribution in [3.8, 4) is 0 Å². The molecule has 0 aliphatic rings. The van der Waals surface area contributed by atoms with Crippen molar-refractivity contribution in [2.75, 3.05) is 13.2 Å². The summed E-state index contributed by atoms with van der Waals surface area (Å²) in [6, 6.07) is 0. The molecule has 0 bridgehead atoms. The minimum atomic E-state index is -0.758. The molecule has 0 amide bonds. The number of rotatable bonds is 43. The topological polar surface area (TPSA) is 78.9 Å². The monoisotopic (exact) mass is 765 g/mol. The molecular weight excluding hydrogens is 673 g/mol. The maximum atomic E-state index is 12.7. The Morgan fingerprint density at radius 3 is 0.963 bits per heavy atom. The average molecular weight is 765 g/mol. The molecule has 0 fully saturated rings. The zero-order valence-corrected chi connectivity index (χ0v) is 36.7. The van der Waals surface area contributed by atoms with Gasteiger partial charge in [0.25, 0.3) is 0 Å². The molecule has 6 nitrogen and oxygen atoms in total. The highest BCUT2D eigenvalue weighted by atomic mass is 16.6. The Morgan fingerprint density at radius 2 is 0.648 bits per heavy atom. The molecule has 0 saturated heterocycles. The van der Waals surface area contributed by atoms with Crippen LogP contribution in [0.25, 0.3) is 0 Å². The number of esters is 3. The predicted molar refractivity (Wildman–Crippen MR) is 229 cm³/mol. The van der Waals surface area contributed by atoms with Gasteiger partial charge in [-0.2, -0.15) is 0 Å². The Bertz CT molecular complexity index is 813. The fourth-order valence-corrected chi connectivity index (χ4v) is 7.12. The van der Waals surface area contributed by atoms with Crippen LogP contribution in [-0.2, 0) is 28.6 Å². The van der Waals surface area contributed by atoms with Gasteiger partial charge in [0, 0.05) is 19.3 Å². The van der Waals surface area contributed by atoms with Crippen molar-refractivity contribution in [2.45, 2.75) is 271 Å². The van der Waals surface area contributed by atoms with Crippen molar-refractivity contribution < 1.29 is 28.6 Å². The summed E-state index contributed by atoms with van der Waals surface area (Å²) < 4.78 is 16.7. The van der Waals surface area contributed by atoms with Crippen molar-refractivity contribution in [1.29, 1.82) is 0 Å². The van der Waals surface area contributed by atoms with E-state index >= 15 is 0 Å². The molecule has 0 radical (unpaired) electrons. The molecule has 0 heterocycles. The molecule has 6 heteroatoms. The quantitative estimate of drug-likeness (QED) is 0.0349. The van der Waals surface area contributed by atoms with Crippen molar-refractivity contribution >= 4 is 17.9 Å². The smallest absolute Gasteiger partial charge is 0.306 e. The second kappa shape index (κ2) is 42.6. The molecule has 0 aromatic rings. The number of carbonyl (C=O) groups is 3. The van der Waals surface area contributed by atoms with Gasteiger partial charge in [0.2, 0.25) is 0 Å². The van der Waals surface area contributed by atoms with Gasteiger partial charge in [-0.3, -0.25) is 14.4 Å². The van der Waals surface area contributed by atoms with E-state index in [0.29, 0.717) is 19.3 Å². The molecule has 0 aromatic carbocycles. The first kappa shape index (κ1) is 52.4. The fourth-order valence-electron chi connectivity index (χ4n) is 7.12. The Balaban J connectivity index is 4.19. The summed E-state index contributed by atoms with van der Waals surface area (Å²) in [5, 5.41) is 0. The number of carbonyl (C=O) groups excluding carboxylic acids is 3. The van der Waals surface area contributed by atoms with E-state index < -0.39 is 6.10 Å². The van der Waals surface area contributed by atoms with Gasteiger partial charge < -0.3 is 14.2 Å². The summed E-state index contributed by atoms with van der Waals surface area (Å²) in [7, 11) is 0. The Morgan fingerprint density at radius 1 is 0.370 bits per heavy atom. The average Bonchev–Trinajstić information content (AvgIpc) is 3.17. The minimum absolute atomic E-state index is 0.0637. The van der Waals surface area contributed by atoms with Gasteiger partial charge in [-0.1, -0.05) is 227 Å². The van der Waals surface area contributed by atoms with Crippen LogP contribution in [0, 0.1) is 5.92 Å². The summed E-state index contributed by atoms with van der Waals surface area (Å²) in [6.45, 7) is 9.00. The first-order valence-electron chi connectivity index (χ1n) is 23.9. The van der Waals surface area contributed by atoms with Gasteiger partial charge in [-0.25, -0.2) is 0 Å². The van der Waals surface area contributed by atoms with E-state index in [9.17, 15) is 14.4 Å². The predicted octanol–water partition coefficient (Wildman–Crippen LogP) is 15.1. The van der Waals surface area contributed by atoms with Gasteiger partial charge in [-0.05, 0) is 25.2 Å². The maximum Gasteiger partial charge on any atom is 0.306 e. The normalized spacial score (nSPS) is 12.4.